The number of carbonyl (C=O) groups excluding carboxylic acids is 2. The van der Waals surface area contributed by atoms with Crippen LogP contribution in [0, 0.1) is 0 Å². The second kappa shape index (κ2) is 7.24. The van der Waals surface area contributed by atoms with Crippen LogP contribution in [-0.4, -0.2) is 16.9 Å². The van der Waals surface area contributed by atoms with Crippen LogP contribution >= 0.6 is 22.7 Å². The second-order valence-corrected chi connectivity index (χ2v) is 6.59. The Balaban J connectivity index is 1.62. The minimum absolute atomic E-state index is 0.173. The number of thiophene rings is 1. The van der Waals surface area contributed by atoms with Gasteiger partial charge in [-0.3, -0.25) is 4.79 Å². The average Bonchev–Trinajstić information content (AvgIpc) is 3.17. The molecule has 0 bridgehead atoms. The number of hydrogen-bond acceptors (Lipinski definition) is 5. The van der Waals surface area contributed by atoms with E-state index >= 15 is 0 Å². The van der Waals surface area contributed by atoms with Crippen LogP contribution in [0.5, 0.6) is 0 Å². The lowest BCUT2D eigenvalue weighted by atomic mass is 10.2. The number of rotatable bonds is 5. The molecule has 8 heteroatoms. The second-order valence-electron chi connectivity index (χ2n) is 4.95. The molecular weight excluding hydrogens is 344 g/mol. The quantitative estimate of drug-likeness (QED) is 0.651. The number of nitrogens with zero attached hydrogens (tertiary/aromatic N) is 1. The van der Waals surface area contributed by atoms with Crippen molar-refractivity contribution in [3.05, 3.63) is 52.2 Å². The van der Waals surface area contributed by atoms with E-state index in [-0.39, 0.29) is 12.3 Å². The van der Waals surface area contributed by atoms with Crippen molar-refractivity contribution in [3.63, 3.8) is 0 Å². The highest BCUT2D eigenvalue weighted by Gasteiger charge is 2.10. The van der Waals surface area contributed by atoms with Gasteiger partial charge in [0.2, 0.25) is 5.91 Å². The minimum Gasteiger partial charge on any atom is -0.351 e. The fourth-order valence-electron chi connectivity index (χ4n) is 2.09. The summed E-state index contributed by atoms with van der Waals surface area (Å²) in [5.41, 5.74) is 7.98. The third kappa shape index (κ3) is 4.18. The van der Waals surface area contributed by atoms with Gasteiger partial charge in [-0.25, -0.2) is 9.78 Å². The molecule has 1 aromatic carbocycles. The monoisotopic (exact) mass is 358 g/mol. The van der Waals surface area contributed by atoms with Crippen LogP contribution in [0.1, 0.15) is 5.69 Å². The van der Waals surface area contributed by atoms with Gasteiger partial charge in [0.05, 0.1) is 12.1 Å². The van der Waals surface area contributed by atoms with Crippen LogP contribution in [0.4, 0.5) is 16.2 Å². The fraction of sp³-hybridized carbons (Fsp3) is 0.0625. The molecule has 0 saturated carbocycles. The molecule has 3 rings (SSSR count). The Hall–Kier alpha value is -2.71. The molecule has 24 heavy (non-hydrogen) atoms. The molecule has 6 nitrogen and oxygen atoms in total. The summed E-state index contributed by atoms with van der Waals surface area (Å²) in [6.45, 7) is 0. The number of nitrogens with two attached hydrogens (primary N) is 1. The van der Waals surface area contributed by atoms with E-state index in [1.54, 1.807) is 35.6 Å². The molecule has 0 fully saturated rings. The minimum atomic E-state index is -0.651. The lowest BCUT2D eigenvalue weighted by Crippen LogP contribution is -2.19. The van der Waals surface area contributed by atoms with Crippen molar-refractivity contribution in [1.29, 1.82) is 0 Å². The molecule has 2 heterocycles. The molecule has 0 unspecified atom stereocenters. The molecule has 0 saturated heterocycles. The first kappa shape index (κ1) is 16.2. The Morgan fingerprint density at radius 3 is 2.62 bits per heavy atom. The van der Waals surface area contributed by atoms with E-state index in [1.165, 1.54) is 11.3 Å². The largest absolute Gasteiger partial charge is 0.351 e. The molecule has 0 radical (unpaired) electrons. The normalized spacial score (nSPS) is 10.3. The van der Waals surface area contributed by atoms with Crippen molar-refractivity contribution in [2.75, 3.05) is 10.6 Å². The molecular formula is C16H14N4O2S2. The topological polar surface area (TPSA) is 97.1 Å². The van der Waals surface area contributed by atoms with Crippen molar-refractivity contribution in [3.8, 4) is 10.6 Å². The number of amides is 3. The fourth-order valence-corrected chi connectivity index (χ4v) is 3.63. The molecule has 0 atom stereocenters. The first-order valence-corrected chi connectivity index (χ1v) is 8.86. The van der Waals surface area contributed by atoms with Gasteiger partial charge in [0.15, 0.2) is 0 Å². The van der Waals surface area contributed by atoms with Gasteiger partial charge in [0.25, 0.3) is 0 Å². The number of aromatic nitrogens is 1. The van der Waals surface area contributed by atoms with E-state index in [1.807, 2.05) is 22.2 Å². The third-order valence-electron chi connectivity index (χ3n) is 3.08. The molecule has 3 amide bonds. The summed E-state index contributed by atoms with van der Waals surface area (Å²) >= 11 is 3.13. The summed E-state index contributed by atoms with van der Waals surface area (Å²) in [5.74, 6) is -0.173. The Morgan fingerprint density at radius 1 is 1.12 bits per heavy atom. The van der Waals surface area contributed by atoms with Gasteiger partial charge in [-0.05, 0) is 29.6 Å². The number of hydrogen-bond donors (Lipinski definition) is 3. The van der Waals surface area contributed by atoms with Crippen molar-refractivity contribution >= 4 is 46.0 Å². The number of carbonyl (C=O) groups is 2. The van der Waals surface area contributed by atoms with E-state index < -0.39 is 6.03 Å². The third-order valence-corrected chi connectivity index (χ3v) is 4.70. The predicted octanol–water partition coefficient (Wildman–Crippen LogP) is 3.54. The van der Waals surface area contributed by atoms with Crippen LogP contribution in [0.3, 0.4) is 0 Å². The SMILES string of the molecule is NC(=O)Nc1cccc(NC(=O)Cc2csc(-c3ccsc3)n2)c1. The van der Waals surface area contributed by atoms with E-state index in [0.29, 0.717) is 11.4 Å². The molecule has 0 aliphatic carbocycles. The van der Waals surface area contributed by atoms with E-state index in [0.717, 1.165) is 16.3 Å². The number of anilines is 2. The van der Waals surface area contributed by atoms with Crippen LogP contribution in [0.2, 0.25) is 0 Å². The Morgan fingerprint density at radius 2 is 1.92 bits per heavy atom. The van der Waals surface area contributed by atoms with Crippen molar-refractivity contribution in [2.24, 2.45) is 5.73 Å². The highest BCUT2D eigenvalue weighted by Crippen LogP contribution is 2.26. The van der Waals surface area contributed by atoms with Gasteiger partial charge < -0.3 is 16.4 Å². The highest BCUT2D eigenvalue weighted by atomic mass is 32.1. The zero-order valence-electron chi connectivity index (χ0n) is 12.5. The predicted molar refractivity (Wildman–Crippen MR) is 97.4 cm³/mol. The number of benzene rings is 1. The molecule has 0 aliphatic heterocycles. The van der Waals surface area contributed by atoms with Gasteiger partial charge >= 0.3 is 6.03 Å². The summed E-state index contributed by atoms with van der Waals surface area (Å²) in [6.07, 6.45) is 0.189. The van der Waals surface area contributed by atoms with Crippen LogP contribution in [0.15, 0.2) is 46.5 Å². The maximum atomic E-state index is 12.2. The zero-order chi connectivity index (χ0) is 16.9. The van der Waals surface area contributed by atoms with Crippen molar-refractivity contribution < 1.29 is 9.59 Å². The van der Waals surface area contributed by atoms with Crippen molar-refractivity contribution in [2.45, 2.75) is 6.42 Å². The highest BCUT2D eigenvalue weighted by molar-refractivity contribution is 7.14. The lowest BCUT2D eigenvalue weighted by molar-refractivity contribution is -0.115. The van der Waals surface area contributed by atoms with E-state index in [4.69, 9.17) is 5.73 Å². The Kier molecular flexibility index (Phi) is 4.88. The zero-order valence-corrected chi connectivity index (χ0v) is 14.1. The standard InChI is InChI=1S/C16H14N4O2S2/c17-16(22)20-12-3-1-2-11(6-12)18-14(21)7-13-9-24-15(19-13)10-4-5-23-8-10/h1-6,8-9H,7H2,(H,18,21)(H3,17,20,22). The lowest BCUT2D eigenvalue weighted by Gasteiger charge is -2.07. The van der Waals surface area contributed by atoms with Gasteiger partial charge in [0, 0.05) is 27.7 Å². The molecule has 0 spiro atoms. The average molecular weight is 358 g/mol. The van der Waals surface area contributed by atoms with Crippen molar-refractivity contribution in [1.82, 2.24) is 4.98 Å². The molecule has 2 aromatic heterocycles. The molecule has 3 aromatic rings. The summed E-state index contributed by atoms with van der Waals surface area (Å²) in [4.78, 5) is 27.5. The Bertz CT molecular complexity index is 859. The smallest absolute Gasteiger partial charge is 0.316 e. The molecule has 0 aliphatic rings. The number of primary amides is 1. The molecule has 4 N–H and O–H groups in total. The summed E-state index contributed by atoms with van der Waals surface area (Å²) in [6, 6.07) is 8.14. The first-order valence-electron chi connectivity index (χ1n) is 7.03. The van der Waals surface area contributed by atoms with E-state index in [2.05, 4.69) is 15.6 Å². The summed E-state index contributed by atoms with van der Waals surface area (Å²) in [5, 5.41) is 12.1. The number of urea groups is 1. The van der Waals surface area contributed by atoms with Gasteiger partial charge in [-0.1, -0.05) is 6.07 Å². The van der Waals surface area contributed by atoms with E-state index in [9.17, 15) is 9.59 Å². The van der Waals surface area contributed by atoms with Gasteiger partial charge in [0.1, 0.15) is 5.01 Å². The number of nitrogens with one attached hydrogen (secondary N) is 2. The summed E-state index contributed by atoms with van der Waals surface area (Å²) < 4.78 is 0. The Labute approximate surface area is 146 Å². The van der Waals surface area contributed by atoms with Crippen LogP contribution < -0.4 is 16.4 Å². The van der Waals surface area contributed by atoms with Crippen LogP contribution in [-0.2, 0) is 11.2 Å². The van der Waals surface area contributed by atoms with Gasteiger partial charge in [-0.15, -0.1) is 11.3 Å². The number of thiazole rings is 1. The maximum absolute atomic E-state index is 12.2. The summed E-state index contributed by atoms with van der Waals surface area (Å²) in [7, 11) is 0. The first-order chi connectivity index (χ1) is 11.6. The van der Waals surface area contributed by atoms with Gasteiger partial charge in [-0.2, -0.15) is 11.3 Å². The maximum Gasteiger partial charge on any atom is 0.316 e. The molecule has 122 valence electrons. The van der Waals surface area contributed by atoms with Crippen LogP contribution in [0.25, 0.3) is 10.6 Å².